The second kappa shape index (κ2) is 18.6. The molecule has 0 radical (unpaired) electrons. The van der Waals surface area contributed by atoms with Gasteiger partial charge in [0.2, 0.25) is 0 Å². The molecule has 2 aromatic rings. The minimum atomic E-state index is -1.17. The van der Waals surface area contributed by atoms with E-state index in [9.17, 15) is 0 Å². The third kappa shape index (κ3) is 12.3. The zero-order valence-electron chi connectivity index (χ0n) is 23.4. The van der Waals surface area contributed by atoms with E-state index in [-0.39, 0.29) is 39.7 Å². The molecule has 2 aromatic carbocycles. The van der Waals surface area contributed by atoms with Crippen LogP contribution in [-0.2, 0) is 19.2 Å². The van der Waals surface area contributed by atoms with Gasteiger partial charge in [0.1, 0.15) is 0 Å². The van der Waals surface area contributed by atoms with Crippen LogP contribution in [0.15, 0.2) is 83.2 Å². The van der Waals surface area contributed by atoms with Gasteiger partial charge in [0, 0.05) is 16.1 Å². The fraction of sp³-hybridized carbons (Fsp3) is 0.267. The molecule has 0 heterocycles. The Labute approximate surface area is 250 Å². The van der Waals surface area contributed by atoms with E-state index >= 15 is 0 Å². The van der Waals surface area contributed by atoms with E-state index in [2.05, 4.69) is 124 Å². The molecule has 0 saturated carbocycles. The van der Waals surface area contributed by atoms with Gasteiger partial charge in [-0.1, -0.05) is 99.9 Å². The summed E-state index contributed by atoms with van der Waals surface area (Å²) < 4.78 is 0. The number of rotatable bonds is 4. The summed E-state index contributed by atoms with van der Waals surface area (Å²) in [5, 5.41) is 2.95. The van der Waals surface area contributed by atoms with Crippen molar-refractivity contribution in [3.05, 3.63) is 121 Å². The summed E-state index contributed by atoms with van der Waals surface area (Å²) in [6, 6.07) is 21.3. The second-order valence-corrected chi connectivity index (χ2v) is 20.2. The van der Waals surface area contributed by atoms with Crippen LogP contribution in [0.3, 0.4) is 0 Å². The molecule has 0 nitrogen and oxygen atoms in total. The van der Waals surface area contributed by atoms with Crippen molar-refractivity contribution in [3.8, 4) is 0 Å². The Kier molecular flexibility index (Phi) is 20.6. The number of hydrogen-bond acceptors (Lipinski definition) is 0. The Balaban J connectivity index is -0.000000513. The van der Waals surface area contributed by atoms with Gasteiger partial charge in [-0.3, -0.25) is 12.2 Å². The van der Waals surface area contributed by atoms with Gasteiger partial charge in [0.15, 0.2) is 0 Å². The van der Waals surface area contributed by atoms with E-state index in [0.29, 0.717) is 0 Å². The first kappa shape index (κ1) is 39.9. The van der Waals surface area contributed by atoms with Crippen LogP contribution in [-0.4, -0.2) is 23.8 Å². The topological polar surface area (TPSA) is 0 Å². The second-order valence-electron chi connectivity index (χ2n) is 10.1. The summed E-state index contributed by atoms with van der Waals surface area (Å²) in [5.41, 5.74) is 5.54. The molecule has 0 aliphatic heterocycles. The van der Waals surface area contributed by atoms with Gasteiger partial charge in [-0.25, -0.2) is 22.5 Å². The van der Waals surface area contributed by atoms with Crippen molar-refractivity contribution in [2.75, 3.05) is 0 Å². The van der Waals surface area contributed by atoms with Gasteiger partial charge in [0.25, 0.3) is 0 Å². The molecule has 0 amide bonds. The van der Waals surface area contributed by atoms with E-state index in [0.717, 1.165) is 12.8 Å². The summed E-state index contributed by atoms with van der Waals surface area (Å²) in [6.45, 7) is 14.2. The summed E-state index contributed by atoms with van der Waals surface area (Å²) >= 11 is 2.03. The molecule has 36 heavy (non-hydrogen) atoms. The van der Waals surface area contributed by atoms with Crippen LogP contribution in [0.1, 0.15) is 24.0 Å². The van der Waals surface area contributed by atoms with Crippen molar-refractivity contribution in [3.63, 3.8) is 0 Å². The van der Waals surface area contributed by atoms with E-state index in [4.69, 9.17) is 0 Å². The Bertz CT molecular complexity index is 930. The number of benzene rings is 2. The predicted octanol–water partition coefficient (Wildman–Crippen LogP) is 8.99. The van der Waals surface area contributed by atoms with Crippen molar-refractivity contribution < 1.29 is 19.2 Å². The Morgan fingerprint density at radius 3 is 1.08 bits per heavy atom. The number of halogens is 2. The summed E-state index contributed by atoms with van der Waals surface area (Å²) in [4.78, 5) is 0. The van der Waals surface area contributed by atoms with Crippen molar-refractivity contribution in [1.29, 1.82) is 0 Å². The maximum absolute atomic E-state index is 3.53. The molecule has 0 aromatic heterocycles. The van der Waals surface area contributed by atoms with Crippen molar-refractivity contribution in [2.24, 2.45) is 0 Å². The number of allylic oxidation sites excluding steroid dienone is 8. The molecular formula is C30H44Cl2Si3Ti-4. The molecule has 2 aliphatic rings. The molecule has 2 aliphatic carbocycles. The Hall–Kier alpha value is -0.655. The van der Waals surface area contributed by atoms with Gasteiger partial charge in [-0.05, 0) is 11.1 Å². The first-order valence-electron chi connectivity index (χ1n) is 11.2. The van der Waals surface area contributed by atoms with E-state index in [1.54, 1.807) is 0 Å². The fourth-order valence-corrected chi connectivity index (χ4v) is 6.02. The molecule has 4 rings (SSSR count). The van der Waals surface area contributed by atoms with Gasteiger partial charge >= 0.3 is 26.8 Å². The van der Waals surface area contributed by atoms with Crippen LogP contribution < -0.4 is 0 Å². The zero-order chi connectivity index (χ0) is 23.8. The minimum absolute atomic E-state index is 0. The predicted molar refractivity (Wildman–Crippen MR) is 174 cm³/mol. The summed E-state index contributed by atoms with van der Waals surface area (Å²) in [6.07, 6.45) is 13.7. The Morgan fingerprint density at radius 1 is 0.583 bits per heavy atom. The van der Waals surface area contributed by atoms with Crippen LogP contribution in [0, 0.1) is 27.0 Å². The van der Waals surface area contributed by atoms with Gasteiger partial charge in [-0.2, -0.15) is 0 Å². The molecule has 6 heteroatoms. The molecule has 0 spiro atoms. The van der Waals surface area contributed by atoms with Crippen molar-refractivity contribution in [2.45, 2.75) is 52.1 Å². The average molecular weight is 608 g/mol. The van der Waals surface area contributed by atoms with Gasteiger partial charge in [0.05, 0.1) is 0 Å². The maximum atomic E-state index is 3.53. The first-order chi connectivity index (χ1) is 15.1. The molecule has 0 fully saturated rings. The quantitative estimate of drug-likeness (QED) is 0.240. The number of hydrogen-bond donors (Lipinski definition) is 0. The van der Waals surface area contributed by atoms with E-state index < -0.39 is 16.1 Å². The molecule has 0 unspecified atom stereocenters. The molecule has 0 saturated heterocycles. The first-order valence-corrected chi connectivity index (χ1v) is 22.3. The average Bonchev–Trinajstić information content (AvgIpc) is 3.47. The van der Waals surface area contributed by atoms with Crippen molar-refractivity contribution in [1.82, 2.24) is 0 Å². The molecule has 0 N–H and O–H groups in total. The molecule has 0 bridgehead atoms. The molecule has 0 atom stereocenters. The van der Waals surface area contributed by atoms with E-state index in [1.807, 2.05) is 26.8 Å². The molecular weight excluding hydrogens is 563 g/mol. The third-order valence-corrected chi connectivity index (χ3v) is 9.36. The van der Waals surface area contributed by atoms with Crippen LogP contribution in [0.25, 0.3) is 11.1 Å². The van der Waals surface area contributed by atoms with Crippen LogP contribution in [0.5, 0.6) is 0 Å². The van der Waals surface area contributed by atoms with Crippen molar-refractivity contribution >= 4 is 59.7 Å². The molecule has 198 valence electrons. The monoisotopic (exact) mass is 606 g/mol. The Morgan fingerprint density at radius 2 is 0.861 bits per heavy atom. The standard InChI is InChI=1S/2C14H17Si.2CH3.2ClH.H2Si.Ti/c2*1-15(2,3)14-10-9-13(11-14)12-7-5-4-6-8-12;;;;;;/h2*4-8,11H,9H2,1-3H3;2*1H3;2*1H;1H2;/q4*-1;;;;. The van der Waals surface area contributed by atoms with Crippen LogP contribution >= 0.6 is 24.8 Å². The van der Waals surface area contributed by atoms with E-state index in [1.165, 1.54) is 32.7 Å². The third-order valence-electron chi connectivity index (χ3n) is 5.48. The summed E-state index contributed by atoms with van der Waals surface area (Å²) in [7, 11) is -0.478. The van der Waals surface area contributed by atoms with Gasteiger partial charge in [-0.15, -0.1) is 48.8 Å². The zero-order valence-corrected chi connectivity index (χ0v) is 30.0. The van der Waals surface area contributed by atoms with Crippen LogP contribution in [0.4, 0.5) is 0 Å². The fourth-order valence-electron chi connectivity index (χ4n) is 3.57. The normalized spacial score (nSPS) is 13.6. The van der Waals surface area contributed by atoms with Crippen LogP contribution in [0.2, 0.25) is 39.3 Å². The summed E-state index contributed by atoms with van der Waals surface area (Å²) in [5.74, 6) is 0. The van der Waals surface area contributed by atoms with Gasteiger partial charge < -0.3 is 14.9 Å². The SMILES string of the molecule is C[Si](C)(C)C1=[C-]CC(c2ccccc2)=C1.C[Si](C)(C)C1=[C-]CC(c2ccccc2)=C1.Cl.Cl.[CH3-].[CH3-].[SiH2]=[Ti].